The van der Waals surface area contributed by atoms with E-state index in [0.29, 0.717) is 16.1 Å². The quantitative estimate of drug-likeness (QED) is 0.808. The summed E-state index contributed by atoms with van der Waals surface area (Å²) in [6, 6.07) is 5.07. The molecule has 0 bridgehead atoms. The van der Waals surface area contributed by atoms with Crippen LogP contribution in [0.3, 0.4) is 0 Å². The van der Waals surface area contributed by atoms with Gasteiger partial charge in [0.2, 0.25) is 10.0 Å². The highest BCUT2D eigenvalue weighted by Gasteiger charge is 2.24. The minimum absolute atomic E-state index is 0.0841. The van der Waals surface area contributed by atoms with Gasteiger partial charge in [-0.05, 0) is 37.5 Å². The Kier molecular flexibility index (Phi) is 3.40. The molecule has 0 radical (unpaired) electrons. The van der Waals surface area contributed by atoms with Gasteiger partial charge in [-0.25, -0.2) is 13.1 Å². The van der Waals surface area contributed by atoms with Gasteiger partial charge in [-0.1, -0.05) is 18.9 Å². The smallest absolute Gasteiger partial charge is 0.241 e. The topological polar surface area (TPSA) is 72.2 Å². The average molecular weight is 254 g/mol. The Labute approximate surface area is 102 Å². The summed E-state index contributed by atoms with van der Waals surface area (Å²) in [7, 11) is -3.43. The van der Waals surface area contributed by atoms with Crippen molar-refractivity contribution < 1.29 is 8.42 Å². The van der Waals surface area contributed by atoms with E-state index in [1.165, 1.54) is 0 Å². The lowest BCUT2D eigenvalue weighted by Gasteiger charge is -2.14. The van der Waals surface area contributed by atoms with Crippen molar-refractivity contribution in [2.45, 2.75) is 43.5 Å². The van der Waals surface area contributed by atoms with Crippen LogP contribution in [0.15, 0.2) is 23.1 Å². The summed E-state index contributed by atoms with van der Waals surface area (Å²) < 4.78 is 27.1. The van der Waals surface area contributed by atoms with Gasteiger partial charge in [-0.15, -0.1) is 0 Å². The maximum absolute atomic E-state index is 12.2. The van der Waals surface area contributed by atoms with E-state index in [1.807, 2.05) is 0 Å². The molecule has 0 aromatic heterocycles. The predicted molar refractivity (Wildman–Crippen MR) is 68.2 cm³/mol. The van der Waals surface area contributed by atoms with Gasteiger partial charge in [0.05, 0.1) is 4.90 Å². The van der Waals surface area contributed by atoms with Crippen molar-refractivity contribution in [3.05, 3.63) is 23.8 Å². The third-order valence-electron chi connectivity index (χ3n) is 3.29. The molecule has 1 aromatic carbocycles. The minimum Gasteiger partial charge on any atom is -0.398 e. The molecule has 1 aliphatic rings. The van der Waals surface area contributed by atoms with E-state index < -0.39 is 10.0 Å². The molecule has 0 saturated heterocycles. The lowest BCUT2D eigenvalue weighted by atomic mass is 10.2. The fraction of sp³-hybridized carbons (Fsp3) is 0.500. The van der Waals surface area contributed by atoms with Gasteiger partial charge in [0.1, 0.15) is 0 Å². The number of anilines is 1. The fourth-order valence-electron chi connectivity index (χ4n) is 2.25. The Morgan fingerprint density at radius 1 is 1.29 bits per heavy atom. The van der Waals surface area contributed by atoms with Gasteiger partial charge in [-0.3, -0.25) is 0 Å². The summed E-state index contributed by atoms with van der Waals surface area (Å²) in [5.41, 5.74) is 6.87. The van der Waals surface area contributed by atoms with Gasteiger partial charge in [-0.2, -0.15) is 0 Å². The predicted octanol–water partition coefficient (Wildman–Crippen LogP) is 1.80. The number of nitrogen functional groups attached to an aromatic ring is 1. The monoisotopic (exact) mass is 254 g/mol. The normalized spacial score (nSPS) is 17.5. The second-order valence-corrected chi connectivity index (χ2v) is 6.26. The van der Waals surface area contributed by atoms with E-state index in [4.69, 9.17) is 5.73 Å². The number of nitrogens with one attached hydrogen (secondary N) is 1. The van der Waals surface area contributed by atoms with E-state index >= 15 is 0 Å². The van der Waals surface area contributed by atoms with E-state index in [2.05, 4.69) is 4.72 Å². The lowest BCUT2D eigenvalue weighted by Crippen LogP contribution is -2.33. The Morgan fingerprint density at radius 2 is 1.94 bits per heavy atom. The molecule has 0 atom stereocenters. The Morgan fingerprint density at radius 3 is 2.59 bits per heavy atom. The van der Waals surface area contributed by atoms with Crippen molar-refractivity contribution in [1.29, 1.82) is 0 Å². The van der Waals surface area contributed by atoms with E-state index in [0.717, 1.165) is 25.7 Å². The average Bonchev–Trinajstić information content (AvgIpc) is 2.73. The molecule has 5 heteroatoms. The Balaban J connectivity index is 2.28. The van der Waals surface area contributed by atoms with Gasteiger partial charge in [0, 0.05) is 11.7 Å². The first-order valence-corrected chi connectivity index (χ1v) is 7.36. The van der Waals surface area contributed by atoms with Gasteiger partial charge in [0.25, 0.3) is 0 Å². The zero-order valence-corrected chi connectivity index (χ0v) is 10.8. The van der Waals surface area contributed by atoms with Crippen LogP contribution in [0.5, 0.6) is 0 Å². The maximum atomic E-state index is 12.2. The number of benzene rings is 1. The Hall–Kier alpha value is -1.07. The van der Waals surface area contributed by atoms with E-state index in [1.54, 1.807) is 25.1 Å². The summed E-state index contributed by atoms with van der Waals surface area (Å²) in [6.07, 6.45) is 4.06. The van der Waals surface area contributed by atoms with Crippen molar-refractivity contribution in [2.24, 2.45) is 0 Å². The van der Waals surface area contributed by atoms with Gasteiger partial charge < -0.3 is 5.73 Å². The number of sulfonamides is 1. The summed E-state index contributed by atoms with van der Waals surface area (Å²) in [5, 5.41) is 0. The molecule has 0 heterocycles. The van der Waals surface area contributed by atoms with Crippen LogP contribution < -0.4 is 10.5 Å². The first kappa shape index (κ1) is 12.4. The first-order valence-electron chi connectivity index (χ1n) is 5.88. The summed E-state index contributed by atoms with van der Waals surface area (Å²) in [4.78, 5) is 0.296. The first-order chi connectivity index (χ1) is 8.00. The van der Waals surface area contributed by atoms with Crippen molar-refractivity contribution in [3.63, 3.8) is 0 Å². The number of hydrogen-bond donors (Lipinski definition) is 2. The molecule has 0 aliphatic heterocycles. The van der Waals surface area contributed by atoms with Crippen LogP contribution in [0.1, 0.15) is 31.2 Å². The standard InChI is InChI=1S/C12H18N2O2S/c1-9-11(13)7-4-8-12(9)17(15,16)14-10-5-2-3-6-10/h4,7-8,10,14H,2-3,5-6,13H2,1H3. The van der Waals surface area contributed by atoms with Crippen LogP contribution in [-0.4, -0.2) is 14.5 Å². The highest BCUT2D eigenvalue weighted by atomic mass is 32.2. The van der Waals surface area contributed by atoms with Gasteiger partial charge in [0.15, 0.2) is 0 Å². The second kappa shape index (κ2) is 4.66. The molecule has 1 saturated carbocycles. The Bertz CT molecular complexity index is 505. The summed E-state index contributed by atoms with van der Waals surface area (Å²) >= 11 is 0. The molecule has 2 rings (SSSR count). The summed E-state index contributed by atoms with van der Waals surface area (Å²) in [6.45, 7) is 1.73. The van der Waals surface area contributed by atoms with Crippen LogP contribution >= 0.6 is 0 Å². The largest absolute Gasteiger partial charge is 0.398 e. The zero-order valence-electron chi connectivity index (χ0n) is 9.94. The zero-order chi connectivity index (χ0) is 12.5. The molecule has 4 nitrogen and oxygen atoms in total. The molecule has 0 amide bonds. The molecule has 94 valence electrons. The molecule has 0 spiro atoms. The lowest BCUT2D eigenvalue weighted by molar-refractivity contribution is 0.552. The van der Waals surface area contributed by atoms with Gasteiger partial charge >= 0.3 is 0 Å². The molecule has 0 unspecified atom stereocenters. The minimum atomic E-state index is -3.43. The molecule has 1 aliphatic carbocycles. The number of hydrogen-bond acceptors (Lipinski definition) is 3. The van der Waals surface area contributed by atoms with E-state index in [9.17, 15) is 8.42 Å². The van der Waals surface area contributed by atoms with E-state index in [-0.39, 0.29) is 6.04 Å². The number of nitrogens with two attached hydrogens (primary N) is 1. The molecule has 1 fully saturated rings. The van der Waals surface area contributed by atoms with Crippen LogP contribution in [-0.2, 0) is 10.0 Å². The third-order valence-corrected chi connectivity index (χ3v) is 4.96. The summed E-state index contributed by atoms with van der Waals surface area (Å²) in [5.74, 6) is 0. The van der Waals surface area contributed by atoms with Crippen molar-refractivity contribution >= 4 is 15.7 Å². The molecular weight excluding hydrogens is 236 g/mol. The van der Waals surface area contributed by atoms with Crippen LogP contribution in [0, 0.1) is 6.92 Å². The van der Waals surface area contributed by atoms with Crippen molar-refractivity contribution in [3.8, 4) is 0 Å². The number of rotatable bonds is 3. The molecule has 1 aromatic rings. The van der Waals surface area contributed by atoms with Crippen LogP contribution in [0.25, 0.3) is 0 Å². The maximum Gasteiger partial charge on any atom is 0.241 e. The SMILES string of the molecule is Cc1c(N)cccc1S(=O)(=O)NC1CCCC1. The highest BCUT2D eigenvalue weighted by molar-refractivity contribution is 7.89. The van der Waals surface area contributed by atoms with Crippen LogP contribution in [0.2, 0.25) is 0 Å². The molecule has 17 heavy (non-hydrogen) atoms. The third kappa shape index (κ3) is 2.61. The molecular formula is C12H18N2O2S. The fourth-order valence-corrected chi connectivity index (χ4v) is 3.83. The second-order valence-electron chi connectivity index (χ2n) is 4.57. The highest BCUT2D eigenvalue weighted by Crippen LogP contribution is 2.23. The van der Waals surface area contributed by atoms with Crippen molar-refractivity contribution in [2.75, 3.05) is 5.73 Å². The van der Waals surface area contributed by atoms with Crippen molar-refractivity contribution in [1.82, 2.24) is 4.72 Å². The van der Waals surface area contributed by atoms with Crippen LogP contribution in [0.4, 0.5) is 5.69 Å². The molecule has 3 N–H and O–H groups in total.